The van der Waals surface area contributed by atoms with Crippen molar-refractivity contribution in [2.24, 2.45) is 0 Å². The summed E-state index contributed by atoms with van der Waals surface area (Å²) in [5, 5.41) is 12.1. The maximum Gasteiger partial charge on any atom is 0.160 e. The van der Waals surface area contributed by atoms with Crippen LogP contribution in [0.4, 0.5) is 0 Å². The monoisotopic (exact) mass is 346 g/mol. The van der Waals surface area contributed by atoms with Crippen LogP contribution >= 0.6 is 0 Å². The first-order chi connectivity index (χ1) is 12.1. The fourth-order valence-electron chi connectivity index (χ4n) is 2.58. The van der Waals surface area contributed by atoms with Gasteiger partial charge in [0, 0.05) is 6.42 Å². The summed E-state index contributed by atoms with van der Waals surface area (Å²) in [5.41, 5.74) is 2.33. The van der Waals surface area contributed by atoms with Crippen LogP contribution in [0.15, 0.2) is 42.5 Å². The van der Waals surface area contributed by atoms with Crippen molar-refractivity contribution in [1.29, 1.82) is 0 Å². The molecular weight excluding hydrogens is 318 g/mol. The molecule has 0 amide bonds. The number of aliphatic hydroxyl groups is 1. The normalized spacial score (nSPS) is 11.8. The predicted octanol–water partition coefficient (Wildman–Crippen LogP) is 1.56. The number of aryl methyl sites for hydroxylation is 1. The second kappa shape index (κ2) is 9.91. The van der Waals surface area contributed by atoms with Gasteiger partial charge in [-0.3, -0.25) is 0 Å². The third kappa shape index (κ3) is 6.29. The lowest BCUT2D eigenvalue weighted by Crippen LogP contribution is -2.87. The lowest BCUT2D eigenvalue weighted by molar-refractivity contribution is -0.660. The van der Waals surface area contributed by atoms with E-state index in [4.69, 9.17) is 14.2 Å². The third-order valence-electron chi connectivity index (χ3n) is 3.96. The van der Waals surface area contributed by atoms with Crippen LogP contribution in [0.5, 0.6) is 17.2 Å². The number of aliphatic hydroxyl groups excluding tert-OH is 1. The zero-order chi connectivity index (χ0) is 18.1. The minimum atomic E-state index is -0.495. The van der Waals surface area contributed by atoms with E-state index in [9.17, 15) is 5.11 Å². The van der Waals surface area contributed by atoms with Crippen LogP contribution in [0.25, 0.3) is 0 Å². The van der Waals surface area contributed by atoms with E-state index in [-0.39, 0.29) is 0 Å². The molecule has 0 saturated carbocycles. The number of methoxy groups -OCH3 is 2. The summed E-state index contributed by atoms with van der Waals surface area (Å²) < 4.78 is 16.2. The Morgan fingerprint density at radius 1 is 1.04 bits per heavy atom. The number of quaternary nitrogens is 1. The molecule has 136 valence electrons. The zero-order valence-corrected chi connectivity index (χ0v) is 15.2. The molecule has 0 saturated heterocycles. The van der Waals surface area contributed by atoms with Crippen LogP contribution in [0.1, 0.15) is 11.1 Å². The largest absolute Gasteiger partial charge is 0.493 e. The molecule has 5 nitrogen and oxygen atoms in total. The molecule has 0 fully saturated rings. The van der Waals surface area contributed by atoms with Gasteiger partial charge in [-0.2, -0.15) is 0 Å². The van der Waals surface area contributed by atoms with E-state index in [0.717, 1.165) is 35.8 Å². The van der Waals surface area contributed by atoms with Crippen molar-refractivity contribution < 1.29 is 24.6 Å². The first kappa shape index (κ1) is 19.1. The van der Waals surface area contributed by atoms with Gasteiger partial charge >= 0.3 is 0 Å². The van der Waals surface area contributed by atoms with Gasteiger partial charge in [-0.25, -0.2) is 0 Å². The molecule has 2 rings (SSSR count). The first-order valence-electron chi connectivity index (χ1n) is 8.52. The van der Waals surface area contributed by atoms with Crippen LogP contribution in [0.3, 0.4) is 0 Å². The molecule has 25 heavy (non-hydrogen) atoms. The van der Waals surface area contributed by atoms with Gasteiger partial charge in [0.25, 0.3) is 0 Å². The van der Waals surface area contributed by atoms with Gasteiger partial charge in [-0.15, -0.1) is 0 Å². The van der Waals surface area contributed by atoms with Gasteiger partial charge in [-0.05, 0) is 42.3 Å². The smallest absolute Gasteiger partial charge is 0.160 e. The van der Waals surface area contributed by atoms with Gasteiger partial charge in [0.15, 0.2) is 11.5 Å². The SMILES string of the molecule is COc1ccc(CC[NH2+]C[C@H](O)COc2cccc(C)c2)cc1OC. The van der Waals surface area contributed by atoms with E-state index in [1.54, 1.807) is 14.2 Å². The van der Waals surface area contributed by atoms with Gasteiger partial charge < -0.3 is 24.6 Å². The summed E-state index contributed by atoms with van der Waals surface area (Å²) >= 11 is 0. The maximum atomic E-state index is 10.0. The van der Waals surface area contributed by atoms with Gasteiger partial charge in [-0.1, -0.05) is 18.2 Å². The molecule has 0 bridgehead atoms. The highest BCUT2D eigenvalue weighted by Crippen LogP contribution is 2.27. The highest BCUT2D eigenvalue weighted by atomic mass is 16.5. The highest BCUT2D eigenvalue weighted by molar-refractivity contribution is 5.42. The van der Waals surface area contributed by atoms with Gasteiger partial charge in [0.1, 0.15) is 25.0 Å². The van der Waals surface area contributed by atoms with Crippen molar-refractivity contribution in [1.82, 2.24) is 0 Å². The number of ether oxygens (including phenoxy) is 3. The van der Waals surface area contributed by atoms with Crippen molar-refractivity contribution in [2.75, 3.05) is 33.9 Å². The predicted molar refractivity (Wildman–Crippen MR) is 97.6 cm³/mol. The Balaban J connectivity index is 1.68. The lowest BCUT2D eigenvalue weighted by atomic mass is 10.1. The van der Waals surface area contributed by atoms with Crippen LogP contribution in [-0.4, -0.2) is 45.1 Å². The van der Waals surface area contributed by atoms with Crippen molar-refractivity contribution in [3.8, 4) is 17.2 Å². The molecule has 1 atom stereocenters. The Morgan fingerprint density at radius 3 is 2.56 bits per heavy atom. The number of hydrogen-bond donors (Lipinski definition) is 2. The molecule has 0 aromatic heterocycles. The average Bonchev–Trinajstić information content (AvgIpc) is 2.63. The molecular formula is C20H28NO4+. The summed E-state index contributed by atoms with van der Waals surface area (Å²) in [6, 6.07) is 13.8. The van der Waals surface area contributed by atoms with E-state index in [2.05, 4.69) is 5.32 Å². The summed E-state index contributed by atoms with van der Waals surface area (Å²) in [4.78, 5) is 0. The fourth-order valence-corrected chi connectivity index (χ4v) is 2.58. The summed E-state index contributed by atoms with van der Waals surface area (Å²) in [5.74, 6) is 2.27. The molecule has 0 aliphatic rings. The zero-order valence-electron chi connectivity index (χ0n) is 15.2. The van der Waals surface area contributed by atoms with Gasteiger partial charge in [0.05, 0.1) is 20.8 Å². The molecule has 0 heterocycles. The summed E-state index contributed by atoms with van der Waals surface area (Å²) in [6.45, 7) is 3.82. The van der Waals surface area contributed by atoms with Gasteiger partial charge in [0.2, 0.25) is 0 Å². The molecule has 0 radical (unpaired) electrons. The average molecular weight is 346 g/mol. The third-order valence-corrected chi connectivity index (χ3v) is 3.96. The molecule has 3 N–H and O–H groups in total. The minimum absolute atomic E-state index is 0.302. The van der Waals surface area contributed by atoms with E-state index in [0.29, 0.717) is 13.2 Å². The Morgan fingerprint density at radius 2 is 1.84 bits per heavy atom. The molecule has 5 heteroatoms. The maximum absolute atomic E-state index is 10.0. The number of benzene rings is 2. The topological polar surface area (TPSA) is 64.5 Å². The quantitative estimate of drug-likeness (QED) is 0.641. The van der Waals surface area contributed by atoms with Crippen LogP contribution in [0, 0.1) is 6.92 Å². The van der Waals surface area contributed by atoms with E-state index in [1.807, 2.05) is 49.4 Å². The standard InChI is InChI=1S/C20H27NO4/c1-15-5-4-6-18(11-15)25-14-17(22)13-21-10-9-16-7-8-19(23-2)20(12-16)24-3/h4-8,11-12,17,21-22H,9-10,13-14H2,1-3H3/p+1/t17-/m0/s1. The Kier molecular flexibility index (Phi) is 7.57. The van der Waals surface area contributed by atoms with E-state index < -0.39 is 6.10 Å². The number of rotatable bonds is 10. The number of hydrogen-bond acceptors (Lipinski definition) is 4. The molecule has 0 aliphatic heterocycles. The van der Waals surface area contributed by atoms with Crippen molar-refractivity contribution >= 4 is 0 Å². The summed E-state index contributed by atoms with van der Waals surface area (Å²) in [6.07, 6.45) is 0.400. The van der Waals surface area contributed by atoms with Crippen LogP contribution in [0.2, 0.25) is 0 Å². The Labute approximate surface area is 149 Å². The second-order valence-electron chi connectivity index (χ2n) is 6.03. The van der Waals surface area contributed by atoms with Crippen LogP contribution in [-0.2, 0) is 6.42 Å². The Bertz CT molecular complexity index is 660. The first-order valence-corrected chi connectivity index (χ1v) is 8.52. The summed E-state index contributed by atoms with van der Waals surface area (Å²) in [7, 11) is 3.27. The molecule has 0 spiro atoms. The van der Waals surface area contributed by atoms with E-state index in [1.165, 1.54) is 5.56 Å². The highest BCUT2D eigenvalue weighted by Gasteiger charge is 2.09. The molecule has 0 unspecified atom stereocenters. The molecule has 2 aromatic carbocycles. The second-order valence-corrected chi connectivity index (χ2v) is 6.03. The minimum Gasteiger partial charge on any atom is -0.493 e. The van der Waals surface area contributed by atoms with Crippen molar-refractivity contribution in [2.45, 2.75) is 19.4 Å². The van der Waals surface area contributed by atoms with Crippen molar-refractivity contribution in [3.05, 3.63) is 53.6 Å². The van der Waals surface area contributed by atoms with Crippen molar-refractivity contribution in [3.63, 3.8) is 0 Å². The molecule has 2 aromatic rings. The van der Waals surface area contributed by atoms with E-state index >= 15 is 0 Å². The molecule has 0 aliphatic carbocycles. The number of nitrogens with two attached hydrogens (primary N) is 1. The lowest BCUT2D eigenvalue weighted by Gasteiger charge is -2.12. The van der Waals surface area contributed by atoms with Crippen LogP contribution < -0.4 is 19.5 Å². The fraction of sp³-hybridized carbons (Fsp3) is 0.400. The Hall–Kier alpha value is -2.24.